The molecule has 0 spiro atoms. The predicted molar refractivity (Wildman–Crippen MR) is 70.2 cm³/mol. The third-order valence-corrected chi connectivity index (χ3v) is 3.96. The summed E-state index contributed by atoms with van der Waals surface area (Å²) in [6.07, 6.45) is 1.94. The quantitative estimate of drug-likeness (QED) is 0.810. The van der Waals surface area contributed by atoms with E-state index < -0.39 is 0 Å². The minimum atomic E-state index is -0.232. The third-order valence-electron chi connectivity index (χ3n) is 3.96. The topological polar surface area (TPSA) is 58.6 Å². The Morgan fingerprint density at radius 1 is 1.39 bits per heavy atom. The van der Waals surface area contributed by atoms with E-state index in [-0.39, 0.29) is 23.7 Å². The van der Waals surface area contributed by atoms with Crippen LogP contribution < -0.4 is 10.1 Å². The van der Waals surface area contributed by atoms with E-state index in [1.54, 1.807) is 6.07 Å². The van der Waals surface area contributed by atoms with E-state index in [0.29, 0.717) is 11.4 Å². The number of amides is 1. The highest BCUT2D eigenvalue weighted by Gasteiger charge is 2.31. The van der Waals surface area contributed by atoms with Crippen molar-refractivity contribution in [2.24, 2.45) is 0 Å². The van der Waals surface area contributed by atoms with Crippen LogP contribution in [0.15, 0.2) is 12.1 Å². The van der Waals surface area contributed by atoms with Crippen molar-refractivity contribution in [3.63, 3.8) is 0 Å². The SMILES string of the molecule is CCC(C)(CC)c1ccc(O)c2c1OCC(=O)N2. The molecule has 18 heavy (non-hydrogen) atoms. The number of rotatable bonds is 3. The van der Waals surface area contributed by atoms with Crippen LogP contribution in [0.2, 0.25) is 0 Å². The van der Waals surface area contributed by atoms with E-state index in [4.69, 9.17) is 4.74 Å². The van der Waals surface area contributed by atoms with E-state index in [1.165, 1.54) is 0 Å². The van der Waals surface area contributed by atoms with Crippen molar-refractivity contribution in [2.45, 2.75) is 39.0 Å². The molecule has 0 fully saturated rings. The number of aromatic hydroxyl groups is 1. The van der Waals surface area contributed by atoms with E-state index in [2.05, 4.69) is 26.1 Å². The van der Waals surface area contributed by atoms with Crippen LogP contribution >= 0.6 is 0 Å². The monoisotopic (exact) mass is 249 g/mol. The maximum Gasteiger partial charge on any atom is 0.262 e. The number of fused-ring (bicyclic) bond motifs is 1. The van der Waals surface area contributed by atoms with Gasteiger partial charge in [-0.25, -0.2) is 0 Å². The number of benzene rings is 1. The van der Waals surface area contributed by atoms with Gasteiger partial charge in [0.05, 0.1) is 0 Å². The maximum atomic E-state index is 11.3. The first-order chi connectivity index (χ1) is 8.51. The van der Waals surface area contributed by atoms with Crippen molar-refractivity contribution in [3.8, 4) is 11.5 Å². The summed E-state index contributed by atoms with van der Waals surface area (Å²) in [4.78, 5) is 11.3. The van der Waals surface area contributed by atoms with Crippen molar-refractivity contribution in [3.05, 3.63) is 17.7 Å². The van der Waals surface area contributed by atoms with Gasteiger partial charge in [0, 0.05) is 5.56 Å². The van der Waals surface area contributed by atoms with Crippen LogP contribution in [-0.2, 0) is 10.2 Å². The van der Waals surface area contributed by atoms with Gasteiger partial charge in [0.15, 0.2) is 12.4 Å². The molecule has 0 bridgehead atoms. The fourth-order valence-corrected chi connectivity index (χ4v) is 2.26. The highest BCUT2D eigenvalue weighted by molar-refractivity contribution is 5.97. The van der Waals surface area contributed by atoms with E-state index in [0.717, 1.165) is 18.4 Å². The molecule has 0 radical (unpaired) electrons. The van der Waals surface area contributed by atoms with E-state index in [9.17, 15) is 9.90 Å². The Balaban J connectivity index is 2.57. The van der Waals surface area contributed by atoms with E-state index in [1.807, 2.05) is 6.07 Å². The molecular weight excluding hydrogens is 230 g/mol. The first-order valence-corrected chi connectivity index (χ1v) is 6.31. The van der Waals surface area contributed by atoms with Crippen molar-refractivity contribution in [2.75, 3.05) is 11.9 Å². The van der Waals surface area contributed by atoms with Crippen LogP contribution in [0.25, 0.3) is 0 Å². The van der Waals surface area contributed by atoms with Gasteiger partial charge in [-0.15, -0.1) is 0 Å². The fraction of sp³-hybridized carbons (Fsp3) is 0.500. The van der Waals surface area contributed by atoms with Crippen molar-refractivity contribution < 1.29 is 14.6 Å². The molecule has 1 aromatic rings. The average Bonchev–Trinajstić information content (AvgIpc) is 2.39. The summed E-state index contributed by atoms with van der Waals surface area (Å²) in [7, 11) is 0. The number of hydrogen-bond acceptors (Lipinski definition) is 3. The van der Waals surface area contributed by atoms with Gasteiger partial charge >= 0.3 is 0 Å². The van der Waals surface area contributed by atoms with Gasteiger partial charge in [-0.2, -0.15) is 0 Å². The van der Waals surface area contributed by atoms with Gasteiger partial charge < -0.3 is 15.2 Å². The number of hydrogen-bond donors (Lipinski definition) is 2. The first-order valence-electron chi connectivity index (χ1n) is 6.31. The second-order valence-electron chi connectivity index (χ2n) is 4.94. The number of phenols is 1. The van der Waals surface area contributed by atoms with Crippen LogP contribution in [-0.4, -0.2) is 17.6 Å². The summed E-state index contributed by atoms with van der Waals surface area (Å²) in [5.41, 5.74) is 1.43. The number of anilines is 1. The van der Waals surface area contributed by atoms with Crippen LogP contribution in [0, 0.1) is 0 Å². The summed E-state index contributed by atoms with van der Waals surface area (Å²) in [5, 5.41) is 12.5. The van der Waals surface area contributed by atoms with Gasteiger partial charge in [-0.05, 0) is 24.3 Å². The Kier molecular flexibility index (Phi) is 3.20. The standard InChI is InChI=1S/C14H19NO3/c1-4-14(3,5-2)9-6-7-10(16)12-13(9)18-8-11(17)15-12/h6-7,16H,4-5,8H2,1-3H3,(H,15,17). The van der Waals surface area contributed by atoms with Gasteiger partial charge in [0.1, 0.15) is 11.4 Å². The summed E-state index contributed by atoms with van der Waals surface area (Å²) >= 11 is 0. The molecule has 4 heteroatoms. The normalized spacial score (nSPS) is 14.7. The molecule has 1 amide bonds. The van der Waals surface area contributed by atoms with Crippen LogP contribution in [0.1, 0.15) is 39.2 Å². The Morgan fingerprint density at radius 2 is 2.06 bits per heavy atom. The second kappa shape index (κ2) is 4.52. The summed E-state index contributed by atoms with van der Waals surface area (Å²) in [6, 6.07) is 3.51. The van der Waals surface area contributed by atoms with Gasteiger partial charge in [0.25, 0.3) is 5.91 Å². The average molecular weight is 249 g/mol. The van der Waals surface area contributed by atoms with Crippen LogP contribution in [0.5, 0.6) is 11.5 Å². The number of phenolic OH excluding ortho intramolecular Hbond substituents is 1. The third kappa shape index (κ3) is 1.92. The van der Waals surface area contributed by atoms with Crippen molar-refractivity contribution in [1.29, 1.82) is 0 Å². The number of carbonyl (C=O) groups is 1. The summed E-state index contributed by atoms with van der Waals surface area (Å²) in [5.74, 6) is 0.432. The molecule has 98 valence electrons. The molecule has 0 saturated carbocycles. The number of nitrogens with one attached hydrogen (secondary N) is 1. The van der Waals surface area contributed by atoms with E-state index >= 15 is 0 Å². The Labute approximate surface area is 107 Å². The Hall–Kier alpha value is -1.71. The lowest BCUT2D eigenvalue weighted by molar-refractivity contribution is -0.118. The Bertz CT molecular complexity index is 478. The summed E-state index contributed by atoms with van der Waals surface area (Å²) in [6.45, 7) is 6.43. The van der Waals surface area contributed by atoms with Crippen molar-refractivity contribution in [1.82, 2.24) is 0 Å². The van der Waals surface area contributed by atoms with Crippen LogP contribution in [0.4, 0.5) is 5.69 Å². The van der Waals surface area contributed by atoms with Crippen LogP contribution in [0.3, 0.4) is 0 Å². The smallest absolute Gasteiger partial charge is 0.262 e. The second-order valence-corrected chi connectivity index (χ2v) is 4.94. The molecule has 0 unspecified atom stereocenters. The first kappa shape index (κ1) is 12.7. The molecular formula is C14H19NO3. The molecule has 1 aromatic carbocycles. The predicted octanol–water partition coefficient (Wildman–Crippen LogP) is 2.80. The summed E-state index contributed by atoms with van der Waals surface area (Å²) < 4.78 is 5.53. The lowest BCUT2D eigenvalue weighted by Crippen LogP contribution is -2.29. The zero-order valence-electron chi connectivity index (χ0n) is 11.0. The zero-order valence-corrected chi connectivity index (χ0v) is 11.0. The molecule has 1 heterocycles. The van der Waals surface area contributed by atoms with Gasteiger partial charge in [-0.3, -0.25) is 4.79 Å². The molecule has 1 aliphatic rings. The molecule has 0 aliphatic carbocycles. The minimum Gasteiger partial charge on any atom is -0.506 e. The molecule has 0 saturated heterocycles. The number of carbonyl (C=O) groups excluding carboxylic acids is 1. The lowest BCUT2D eigenvalue weighted by Gasteiger charge is -2.32. The maximum absolute atomic E-state index is 11.3. The zero-order chi connectivity index (χ0) is 13.3. The van der Waals surface area contributed by atoms with Gasteiger partial charge in [0.2, 0.25) is 0 Å². The lowest BCUT2D eigenvalue weighted by atomic mass is 9.77. The molecule has 1 aliphatic heterocycles. The van der Waals surface area contributed by atoms with Gasteiger partial charge in [-0.1, -0.05) is 26.8 Å². The molecule has 0 aromatic heterocycles. The highest BCUT2D eigenvalue weighted by atomic mass is 16.5. The molecule has 2 N–H and O–H groups in total. The molecule has 0 atom stereocenters. The largest absolute Gasteiger partial charge is 0.506 e. The minimum absolute atomic E-state index is 0.00691. The number of ether oxygens (including phenoxy) is 1. The Morgan fingerprint density at radius 3 is 2.67 bits per heavy atom. The van der Waals surface area contributed by atoms with Crippen molar-refractivity contribution >= 4 is 11.6 Å². The molecule has 2 rings (SSSR count). The fourth-order valence-electron chi connectivity index (χ4n) is 2.26. The highest BCUT2D eigenvalue weighted by Crippen LogP contribution is 2.45. The molecule has 4 nitrogen and oxygen atoms in total.